The Morgan fingerprint density at radius 3 is 2.43 bits per heavy atom. The zero-order chi connectivity index (χ0) is 34.7. The second-order valence-corrected chi connectivity index (χ2v) is 11.1. The Kier molecular flexibility index (Phi) is 18.2. The molecule has 0 spiro atoms. The number of alkyl halides is 3. The molecule has 2 amide bonds. The second-order valence-electron chi connectivity index (χ2n) is 11.1. The fourth-order valence-corrected chi connectivity index (χ4v) is 4.50. The van der Waals surface area contributed by atoms with Crippen molar-refractivity contribution in [2.45, 2.75) is 85.4 Å². The van der Waals surface area contributed by atoms with Crippen LogP contribution in [0.1, 0.15) is 73.1 Å². The van der Waals surface area contributed by atoms with Gasteiger partial charge in [0, 0.05) is 43.9 Å². The monoisotopic (exact) mass is 650 g/mol. The molecule has 2 atom stereocenters. The first kappa shape index (κ1) is 40.0. The number of nitrogens with two attached hydrogens (primary N) is 1. The summed E-state index contributed by atoms with van der Waals surface area (Å²) in [4.78, 5) is 25.0. The van der Waals surface area contributed by atoms with Crippen molar-refractivity contribution in [3.63, 3.8) is 0 Å². The van der Waals surface area contributed by atoms with Crippen molar-refractivity contribution in [1.82, 2.24) is 15.5 Å². The standard InChI is InChI=1S/C35H50F4N4O3/c1-7-12-28(18-17-25(3)22-41-27(5)44)29(13-8-2)21-31(46-6)20-26(4)32(40)23-42-33-16-11-15-30(36)14-9-10-19-43(34(33)45)24-35(37,38)39/h9-10,12-15,17,19-20,23,26,33,42H,7-8,11,16,18,21-22,24,40H2,1-6H3,(H,41,44)/b14-9-,19-10+,25-17+,28-12+,29-13+,30-15-,31-20+,32-23-. The molecule has 0 aromatic rings. The van der Waals surface area contributed by atoms with Crippen LogP contribution in [0.4, 0.5) is 17.6 Å². The van der Waals surface area contributed by atoms with Gasteiger partial charge in [0.2, 0.25) is 11.8 Å². The van der Waals surface area contributed by atoms with Crippen LogP contribution in [0.25, 0.3) is 0 Å². The van der Waals surface area contributed by atoms with E-state index in [4.69, 9.17) is 10.5 Å². The van der Waals surface area contributed by atoms with Crippen molar-refractivity contribution in [2.75, 3.05) is 20.2 Å². The van der Waals surface area contributed by atoms with Gasteiger partial charge in [-0.25, -0.2) is 4.39 Å². The lowest BCUT2D eigenvalue weighted by Crippen LogP contribution is -2.46. The lowest BCUT2D eigenvalue weighted by molar-refractivity contribution is -0.157. The van der Waals surface area contributed by atoms with E-state index in [1.807, 2.05) is 19.9 Å². The third-order valence-electron chi connectivity index (χ3n) is 7.00. The largest absolute Gasteiger partial charge is 0.501 e. The fraction of sp³-hybridized carbons (Fsp3) is 0.486. The van der Waals surface area contributed by atoms with E-state index >= 15 is 0 Å². The van der Waals surface area contributed by atoms with Crippen LogP contribution in [-0.4, -0.2) is 49.1 Å². The number of nitrogens with zero attached hydrogens (tertiary/aromatic N) is 1. The summed E-state index contributed by atoms with van der Waals surface area (Å²) in [7, 11) is 1.58. The van der Waals surface area contributed by atoms with Gasteiger partial charge in [0.1, 0.15) is 18.4 Å². The van der Waals surface area contributed by atoms with Gasteiger partial charge in [-0.15, -0.1) is 0 Å². The first-order chi connectivity index (χ1) is 21.7. The molecule has 0 aromatic heterocycles. The number of amides is 2. The Morgan fingerprint density at radius 1 is 1.15 bits per heavy atom. The Bertz CT molecular complexity index is 1260. The second kappa shape index (κ2) is 20.9. The predicted octanol–water partition coefficient (Wildman–Crippen LogP) is 7.55. The molecule has 256 valence electrons. The Morgan fingerprint density at radius 2 is 1.83 bits per heavy atom. The highest BCUT2D eigenvalue weighted by Gasteiger charge is 2.34. The number of halogens is 4. The van der Waals surface area contributed by atoms with Crippen LogP contribution in [0.2, 0.25) is 0 Å². The molecule has 2 unspecified atom stereocenters. The fourth-order valence-electron chi connectivity index (χ4n) is 4.50. The van der Waals surface area contributed by atoms with E-state index in [0.29, 0.717) is 35.7 Å². The lowest BCUT2D eigenvalue weighted by atomic mass is 9.94. The molecule has 0 radical (unpaired) electrons. The van der Waals surface area contributed by atoms with E-state index in [1.54, 1.807) is 7.11 Å². The number of hydrogen-bond acceptors (Lipinski definition) is 5. The van der Waals surface area contributed by atoms with Crippen LogP contribution in [0.5, 0.6) is 0 Å². The van der Waals surface area contributed by atoms with Crippen molar-refractivity contribution in [3.05, 3.63) is 95.0 Å². The van der Waals surface area contributed by atoms with Gasteiger partial charge in [-0.05, 0) is 74.5 Å². The summed E-state index contributed by atoms with van der Waals surface area (Å²) in [5, 5.41) is 5.68. The quantitative estimate of drug-likeness (QED) is 0.0736. The van der Waals surface area contributed by atoms with Gasteiger partial charge in [0.15, 0.2) is 0 Å². The van der Waals surface area contributed by atoms with Crippen molar-refractivity contribution in [2.24, 2.45) is 11.7 Å². The van der Waals surface area contributed by atoms with Gasteiger partial charge < -0.3 is 26.0 Å². The van der Waals surface area contributed by atoms with Crippen LogP contribution < -0.4 is 16.4 Å². The molecule has 46 heavy (non-hydrogen) atoms. The van der Waals surface area contributed by atoms with Crippen LogP contribution in [-0.2, 0) is 14.3 Å². The van der Waals surface area contributed by atoms with E-state index in [1.165, 1.54) is 31.4 Å². The third-order valence-corrected chi connectivity index (χ3v) is 7.00. The molecule has 0 fully saturated rings. The van der Waals surface area contributed by atoms with E-state index in [-0.39, 0.29) is 24.7 Å². The minimum Gasteiger partial charge on any atom is -0.501 e. The molecule has 1 heterocycles. The van der Waals surface area contributed by atoms with E-state index in [2.05, 4.69) is 42.7 Å². The minimum atomic E-state index is -4.62. The molecule has 11 heteroatoms. The number of carbonyl (C=O) groups excluding carboxylic acids is 2. The number of methoxy groups -OCH3 is 1. The van der Waals surface area contributed by atoms with Gasteiger partial charge in [-0.3, -0.25) is 9.59 Å². The van der Waals surface area contributed by atoms with Gasteiger partial charge in [-0.2, -0.15) is 13.2 Å². The van der Waals surface area contributed by atoms with E-state index < -0.39 is 30.5 Å². The van der Waals surface area contributed by atoms with Gasteiger partial charge in [0.25, 0.3) is 0 Å². The first-order valence-electron chi connectivity index (χ1n) is 15.5. The minimum absolute atomic E-state index is 0.0516. The number of ether oxygens (including phenoxy) is 1. The summed E-state index contributed by atoms with van der Waals surface area (Å²) in [6.07, 6.45) is 13.9. The van der Waals surface area contributed by atoms with Crippen molar-refractivity contribution >= 4 is 11.8 Å². The van der Waals surface area contributed by atoms with Crippen LogP contribution in [0, 0.1) is 5.92 Å². The highest BCUT2D eigenvalue weighted by molar-refractivity contribution is 5.83. The molecule has 0 bridgehead atoms. The SMILES string of the molecule is CC/C=C(C/C=C(\C)CNC(C)=O)/C(=C/CC)C/C(=C\C(C)/C(N)=C/NC1CC/C=C(F)/C=C\C=C\N(CC(F)(F)F)C1=O)OC. The average Bonchev–Trinajstić information content (AvgIpc) is 3.01. The Balaban J connectivity index is 3.19. The number of nitrogens with one attached hydrogen (secondary N) is 2. The summed E-state index contributed by atoms with van der Waals surface area (Å²) >= 11 is 0. The van der Waals surface area contributed by atoms with Gasteiger partial charge >= 0.3 is 6.18 Å². The highest BCUT2D eigenvalue weighted by Crippen LogP contribution is 2.26. The van der Waals surface area contributed by atoms with Crippen molar-refractivity contribution in [3.8, 4) is 0 Å². The number of rotatable bonds is 15. The van der Waals surface area contributed by atoms with Crippen LogP contribution >= 0.6 is 0 Å². The maximum absolute atomic E-state index is 14.0. The molecule has 0 aliphatic carbocycles. The van der Waals surface area contributed by atoms with E-state index in [9.17, 15) is 27.2 Å². The predicted molar refractivity (Wildman–Crippen MR) is 176 cm³/mol. The average molecular weight is 651 g/mol. The maximum atomic E-state index is 14.0. The molecule has 1 aliphatic heterocycles. The normalized spacial score (nSPS) is 21.1. The molecule has 1 aliphatic rings. The first-order valence-corrected chi connectivity index (χ1v) is 15.5. The molecule has 7 nitrogen and oxygen atoms in total. The molecule has 4 N–H and O–H groups in total. The number of carbonyl (C=O) groups is 2. The molecular formula is C35H50F4N4O3. The maximum Gasteiger partial charge on any atom is 0.406 e. The summed E-state index contributed by atoms with van der Waals surface area (Å²) in [5.74, 6) is -1.13. The summed E-state index contributed by atoms with van der Waals surface area (Å²) in [6.45, 7) is 8.43. The lowest BCUT2D eigenvalue weighted by Gasteiger charge is -2.26. The van der Waals surface area contributed by atoms with Crippen molar-refractivity contribution < 1.29 is 31.9 Å². The van der Waals surface area contributed by atoms with Crippen molar-refractivity contribution in [1.29, 1.82) is 0 Å². The Hall–Kier alpha value is -4.02. The van der Waals surface area contributed by atoms with Crippen LogP contribution in [0.3, 0.4) is 0 Å². The topological polar surface area (TPSA) is 96.7 Å². The molecular weight excluding hydrogens is 600 g/mol. The molecule has 1 rings (SSSR count). The van der Waals surface area contributed by atoms with Gasteiger partial charge in [0.05, 0.1) is 12.9 Å². The zero-order valence-corrected chi connectivity index (χ0v) is 27.8. The molecule has 0 aromatic carbocycles. The van der Waals surface area contributed by atoms with Gasteiger partial charge in [-0.1, -0.05) is 50.6 Å². The zero-order valence-electron chi connectivity index (χ0n) is 27.8. The Labute approximate surface area is 271 Å². The summed E-state index contributed by atoms with van der Waals surface area (Å²) < 4.78 is 59.4. The van der Waals surface area contributed by atoms with E-state index in [0.717, 1.165) is 41.8 Å². The number of allylic oxidation sites excluding steroid dienone is 11. The summed E-state index contributed by atoms with van der Waals surface area (Å²) in [6, 6.07) is -1.08. The smallest absolute Gasteiger partial charge is 0.406 e. The molecule has 0 saturated heterocycles. The number of hydrogen-bond donors (Lipinski definition) is 3. The highest BCUT2D eigenvalue weighted by atomic mass is 19.4. The van der Waals surface area contributed by atoms with Crippen LogP contribution in [0.15, 0.2) is 95.0 Å². The summed E-state index contributed by atoms with van der Waals surface area (Å²) in [5.41, 5.74) is 9.99. The molecule has 0 saturated carbocycles. The third kappa shape index (κ3) is 16.3.